The van der Waals surface area contributed by atoms with Gasteiger partial charge in [0, 0.05) is 40.9 Å². The average Bonchev–Trinajstić information content (AvgIpc) is 3.31. The average molecular weight is 433 g/mol. The first-order valence-corrected chi connectivity index (χ1v) is 10.9. The predicted octanol–water partition coefficient (Wildman–Crippen LogP) is 4.59. The number of aromatic nitrogens is 2. The Morgan fingerprint density at radius 2 is 1.84 bits per heavy atom. The predicted molar refractivity (Wildman–Crippen MR) is 125 cm³/mol. The van der Waals surface area contributed by atoms with Crippen LogP contribution in [0.1, 0.15) is 22.9 Å². The number of amides is 2. The number of nitrogens with one attached hydrogen (secondary N) is 3. The lowest BCUT2D eigenvalue weighted by molar-refractivity contribution is -0.125. The molecule has 158 valence electrons. The van der Waals surface area contributed by atoms with E-state index in [1.54, 1.807) is 0 Å². The Hall–Kier alpha value is -3.45. The largest absolute Gasteiger partial charge is 0.361 e. The van der Waals surface area contributed by atoms with Crippen LogP contribution in [-0.4, -0.2) is 27.8 Å². The van der Waals surface area contributed by atoms with Gasteiger partial charge in [-0.3, -0.25) is 9.59 Å². The Labute approximate surface area is 184 Å². The van der Waals surface area contributed by atoms with Crippen LogP contribution in [0, 0.1) is 13.8 Å². The van der Waals surface area contributed by atoms with Gasteiger partial charge < -0.3 is 15.6 Å². The van der Waals surface area contributed by atoms with Crippen LogP contribution in [0.5, 0.6) is 0 Å². The van der Waals surface area contributed by atoms with Crippen molar-refractivity contribution < 1.29 is 9.59 Å². The number of rotatable bonds is 6. The third-order valence-corrected chi connectivity index (χ3v) is 6.03. The van der Waals surface area contributed by atoms with Crippen molar-refractivity contribution in [3.8, 4) is 11.3 Å². The summed E-state index contributed by atoms with van der Waals surface area (Å²) in [5.41, 5.74) is 5.02. The van der Waals surface area contributed by atoms with Crippen molar-refractivity contribution in [2.24, 2.45) is 0 Å². The van der Waals surface area contributed by atoms with Crippen LogP contribution in [-0.2, 0) is 16.0 Å². The zero-order chi connectivity index (χ0) is 22.0. The van der Waals surface area contributed by atoms with Gasteiger partial charge in [0.2, 0.25) is 11.8 Å². The molecule has 0 radical (unpaired) electrons. The van der Waals surface area contributed by atoms with Crippen LogP contribution in [0.2, 0.25) is 0 Å². The number of benzene rings is 2. The van der Waals surface area contributed by atoms with E-state index in [0.717, 1.165) is 32.6 Å². The lowest BCUT2D eigenvalue weighted by atomic mass is 10.0. The minimum atomic E-state index is -0.705. The summed E-state index contributed by atoms with van der Waals surface area (Å²) < 4.78 is 0. The lowest BCUT2D eigenvalue weighted by Gasteiger charge is -2.16. The van der Waals surface area contributed by atoms with Gasteiger partial charge in [-0.25, -0.2) is 4.98 Å². The van der Waals surface area contributed by atoms with E-state index in [9.17, 15) is 9.59 Å². The summed E-state index contributed by atoms with van der Waals surface area (Å²) in [6.45, 7) is 5.44. The summed E-state index contributed by atoms with van der Waals surface area (Å²) in [4.78, 5) is 33.7. The first-order valence-electron chi connectivity index (χ1n) is 10.1. The van der Waals surface area contributed by atoms with Crippen molar-refractivity contribution in [3.05, 3.63) is 70.7 Å². The molecule has 2 amide bonds. The van der Waals surface area contributed by atoms with Crippen LogP contribution in [0.3, 0.4) is 0 Å². The second kappa shape index (κ2) is 8.73. The highest BCUT2D eigenvalue weighted by molar-refractivity contribution is 7.16. The van der Waals surface area contributed by atoms with E-state index in [1.165, 1.54) is 23.8 Å². The molecule has 2 aromatic carbocycles. The van der Waals surface area contributed by atoms with Crippen LogP contribution in [0.15, 0.2) is 54.7 Å². The molecule has 1 atom stereocenters. The van der Waals surface area contributed by atoms with Crippen molar-refractivity contribution >= 4 is 39.2 Å². The van der Waals surface area contributed by atoms with Crippen molar-refractivity contribution in [1.82, 2.24) is 15.3 Å². The Balaban J connectivity index is 1.55. The van der Waals surface area contributed by atoms with Crippen LogP contribution >= 0.6 is 11.3 Å². The Kier molecular flexibility index (Phi) is 5.86. The number of hydrogen-bond donors (Lipinski definition) is 3. The van der Waals surface area contributed by atoms with Gasteiger partial charge in [0.25, 0.3) is 0 Å². The van der Waals surface area contributed by atoms with Gasteiger partial charge in [-0.2, -0.15) is 0 Å². The molecule has 7 heteroatoms. The number of aryl methyl sites for hydroxylation is 2. The first-order chi connectivity index (χ1) is 14.9. The van der Waals surface area contributed by atoms with E-state index in [4.69, 9.17) is 0 Å². The summed E-state index contributed by atoms with van der Waals surface area (Å²) in [5, 5.41) is 7.23. The summed E-state index contributed by atoms with van der Waals surface area (Å²) in [7, 11) is 0. The van der Waals surface area contributed by atoms with E-state index in [1.807, 2.05) is 68.6 Å². The maximum absolute atomic E-state index is 13.0. The molecule has 4 rings (SSSR count). The van der Waals surface area contributed by atoms with Gasteiger partial charge >= 0.3 is 0 Å². The van der Waals surface area contributed by atoms with Gasteiger partial charge in [-0.05, 0) is 25.5 Å². The Bertz CT molecular complexity index is 1240. The number of thiazole rings is 1. The Morgan fingerprint density at radius 3 is 2.58 bits per heavy atom. The number of nitrogens with zero attached hydrogens (tertiary/aromatic N) is 1. The highest BCUT2D eigenvalue weighted by atomic mass is 32.1. The second-order valence-corrected chi connectivity index (χ2v) is 8.80. The zero-order valence-corrected chi connectivity index (χ0v) is 18.5. The SMILES string of the molecule is CC(=O)NC(Cc1c[nH]c2ccccc12)C(=O)Nc1nc(-c2ccc(C)cc2)c(C)s1. The molecule has 0 bridgehead atoms. The molecule has 6 nitrogen and oxygen atoms in total. The summed E-state index contributed by atoms with van der Waals surface area (Å²) in [6.07, 6.45) is 2.26. The maximum atomic E-state index is 13.0. The third-order valence-electron chi connectivity index (χ3n) is 5.14. The van der Waals surface area contributed by atoms with E-state index < -0.39 is 6.04 Å². The molecule has 4 aromatic rings. The quantitative estimate of drug-likeness (QED) is 0.416. The van der Waals surface area contributed by atoms with Gasteiger partial charge in [-0.15, -0.1) is 11.3 Å². The monoisotopic (exact) mass is 432 g/mol. The molecule has 2 heterocycles. The third kappa shape index (κ3) is 4.67. The van der Waals surface area contributed by atoms with Crippen molar-refractivity contribution in [2.45, 2.75) is 33.2 Å². The van der Waals surface area contributed by atoms with Crippen LogP contribution in [0.4, 0.5) is 5.13 Å². The number of carbonyl (C=O) groups is 2. The maximum Gasteiger partial charge on any atom is 0.249 e. The molecule has 0 aliphatic carbocycles. The molecule has 0 saturated heterocycles. The molecule has 0 aliphatic heterocycles. The molecule has 0 fully saturated rings. The van der Waals surface area contributed by atoms with Gasteiger partial charge in [0.1, 0.15) is 6.04 Å². The summed E-state index contributed by atoms with van der Waals surface area (Å²) in [6, 6.07) is 15.3. The second-order valence-electron chi connectivity index (χ2n) is 7.60. The zero-order valence-electron chi connectivity index (χ0n) is 17.7. The number of aromatic amines is 1. The van der Waals surface area contributed by atoms with E-state index in [0.29, 0.717) is 11.6 Å². The molecule has 2 aromatic heterocycles. The van der Waals surface area contributed by atoms with E-state index in [2.05, 4.69) is 20.6 Å². The molecule has 0 aliphatic rings. The standard InChI is InChI=1S/C24H24N4O2S/c1-14-8-10-17(11-9-14)22-15(2)31-24(27-22)28-23(30)21(26-16(3)29)12-18-13-25-20-7-5-4-6-19(18)20/h4-11,13,21,25H,12H2,1-3H3,(H,26,29)(H,27,28,30). The number of fused-ring (bicyclic) bond motifs is 1. The van der Waals surface area contributed by atoms with Crippen LogP contribution in [0.25, 0.3) is 22.2 Å². The fourth-order valence-corrected chi connectivity index (χ4v) is 4.44. The summed E-state index contributed by atoms with van der Waals surface area (Å²) in [5.74, 6) is -0.541. The van der Waals surface area contributed by atoms with Crippen molar-refractivity contribution in [3.63, 3.8) is 0 Å². The topological polar surface area (TPSA) is 86.9 Å². The minimum Gasteiger partial charge on any atom is -0.361 e. The highest BCUT2D eigenvalue weighted by Gasteiger charge is 2.23. The van der Waals surface area contributed by atoms with Crippen LogP contribution < -0.4 is 10.6 Å². The van der Waals surface area contributed by atoms with E-state index >= 15 is 0 Å². The number of anilines is 1. The number of para-hydroxylation sites is 1. The Morgan fingerprint density at radius 1 is 1.10 bits per heavy atom. The smallest absolute Gasteiger partial charge is 0.249 e. The van der Waals surface area contributed by atoms with Gasteiger partial charge in [0.05, 0.1) is 5.69 Å². The minimum absolute atomic E-state index is 0.254. The van der Waals surface area contributed by atoms with E-state index in [-0.39, 0.29) is 11.8 Å². The first kappa shape index (κ1) is 20.8. The van der Waals surface area contributed by atoms with Crippen molar-refractivity contribution in [2.75, 3.05) is 5.32 Å². The highest BCUT2D eigenvalue weighted by Crippen LogP contribution is 2.30. The number of H-pyrrole nitrogens is 1. The fraction of sp³-hybridized carbons (Fsp3) is 0.208. The molecular formula is C24H24N4O2S. The molecule has 31 heavy (non-hydrogen) atoms. The lowest BCUT2D eigenvalue weighted by Crippen LogP contribution is -2.44. The molecule has 0 spiro atoms. The fourth-order valence-electron chi connectivity index (χ4n) is 3.60. The molecule has 3 N–H and O–H groups in total. The molecule has 1 unspecified atom stereocenters. The molecule has 0 saturated carbocycles. The van der Waals surface area contributed by atoms with Gasteiger partial charge in [-0.1, -0.05) is 48.0 Å². The van der Waals surface area contributed by atoms with Gasteiger partial charge in [0.15, 0.2) is 5.13 Å². The summed E-state index contributed by atoms with van der Waals surface area (Å²) >= 11 is 1.43. The van der Waals surface area contributed by atoms with Crippen molar-refractivity contribution in [1.29, 1.82) is 0 Å². The number of carbonyl (C=O) groups excluding carboxylic acids is 2. The normalized spacial score (nSPS) is 12.0. The molecular weight excluding hydrogens is 408 g/mol. The number of hydrogen-bond acceptors (Lipinski definition) is 4.